The van der Waals surface area contributed by atoms with E-state index in [1.807, 2.05) is 26.0 Å². The van der Waals surface area contributed by atoms with Crippen molar-refractivity contribution in [2.24, 2.45) is 0 Å². The first-order chi connectivity index (χ1) is 20.1. The number of rotatable bonds is 12. The van der Waals surface area contributed by atoms with Gasteiger partial charge in [0.1, 0.15) is 18.3 Å². The molecule has 0 spiro atoms. The third-order valence-corrected chi connectivity index (χ3v) is 9.61. The van der Waals surface area contributed by atoms with Gasteiger partial charge >= 0.3 is 0 Å². The van der Waals surface area contributed by atoms with Crippen LogP contribution in [0.1, 0.15) is 50.2 Å². The van der Waals surface area contributed by atoms with Crippen LogP contribution in [0.3, 0.4) is 0 Å². The number of amides is 2. The molecule has 1 saturated carbocycles. The van der Waals surface area contributed by atoms with Crippen molar-refractivity contribution >= 4 is 39.1 Å². The third-order valence-electron chi connectivity index (χ3n) is 7.58. The molecule has 42 heavy (non-hydrogen) atoms. The Morgan fingerprint density at radius 2 is 1.69 bits per heavy atom. The van der Waals surface area contributed by atoms with Crippen LogP contribution >= 0.6 is 11.6 Å². The molecule has 0 heterocycles. The van der Waals surface area contributed by atoms with Gasteiger partial charge in [0, 0.05) is 17.6 Å². The molecule has 1 aliphatic rings. The highest BCUT2D eigenvalue weighted by Gasteiger charge is 2.34. The summed E-state index contributed by atoms with van der Waals surface area (Å²) in [7, 11) is -2.59. The summed E-state index contributed by atoms with van der Waals surface area (Å²) in [6.45, 7) is 3.32. The van der Waals surface area contributed by atoms with Crippen LogP contribution < -0.4 is 14.4 Å². The quantitative estimate of drug-likeness (QED) is 0.283. The van der Waals surface area contributed by atoms with Crippen LogP contribution in [0.2, 0.25) is 5.02 Å². The lowest BCUT2D eigenvalue weighted by molar-refractivity contribution is -0.140. The number of benzene rings is 3. The zero-order chi connectivity index (χ0) is 30.3. The molecule has 1 N–H and O–H groups in total. The van der Waals surface area contributed by atoms with Crippen LogP contribution in [-0.2, 0) is 26.2 Å². The second-order valence-corrected chi connectivity index (χ2v) is 12.9. The maximum atomic E-state index is 14.2. The Hall–Kier alpha value is -3.56. The lowest BCUT2D eigenvalue weighted by Gasteiger charge is -2.33. The number of carbonyl (C=O) groups excluding carboxylic acids is 2. The summed E-state index contributed by atoms with van der Waals surface area (Å²) in [5.41, 5.74) is 1.94. The van der Waals surface area contributed by atoms with Crippen molar-refractivity contribution < 1.29 is 22.7 Å². The molecular weight excluding hydrogens is 574 g/mol. The number of nitrogens with zero attached hydrogens (tertiary/aromatic N) is 2. The maximum absolute atomic E-state index is 14.2. The lowest BCUT2D eigenvalue weighted by Crippen LogP contribution is -2.53. The molecule has 1 unspecified atom stereocenters. The van der Waals surface area contributed by atoms with Gasteiger partial charge in [0.2, 0.25) is 11.8 Å². The smallest absolute Gasteiger partial charge is 0.264 e. The molecule has 10 heteroatoms. The number of nitrogens with one attached hydrogen (secondary N) is 1. The fourth-order valence-electron chi connectivity index (χ4n) is 5.21. The number of aryl methyl sites for hydroxylation is 1. The van der Waals surface area contributed by atoms with Gasteiger partial charge in [-0.25, -0.2) is 8.42 Å². The Morgan fingerprint density at radius 1 is 1.02 bits per heavy atom. The minimum Gasteiger partial charge on any atom is -0.497 e. The fraction of sp³-hybridized carbons (Fsp3) is 0.375. The van der Waals surface area contributed by atoms with Crippen LogP contribution in [0.25, 0.3) is 0 Å². The largest absolute Gasteiger partial charge is 0.497 e. The van der Waals surface area contributed by atoms with Gasteiger partial charge in [-0.15, -0.1) is 0 Å². The fourth-order valence-corrected chi connectivity index (χ4v) is 6.80. The molecule has 4 rings (SSSR count). The third kappa shape index (κ3) is 7.63. The van der Waals surface area contributed by atoms with Crippen LogP contribution in [-0.4, -0.2) is 50.9 Å². The zero-order valence-corrected chi connectivity index (χ0v) is 25.8. The van der Waals surface area contributed by atoms with E-state index < -0.39 is 28.5 Å². The van der Waals surface area contributed by atoms with Gasteiger partial charge in [-0.1, -0.05) is 67.3 Å². The first-order valence-corrected chi connectivity index (χ1v) is 16.0. The number of anilines is 1. The van der Waals surface area contributed by atoms with Crippen LogP contribution in [0.4, 0.5) is 5.69 Å². The van der Waals surface area contributed by atoms with Gasteiger partial charge in [0.15, 0.2) is 0 Å². The summed E-state index contributed by atoms with van der Waals surface area (Å²) in [4.78, 5) is 29.3. The van der Waals surface area contributed by atoms with Gasteiger partial charge in [0.25, 0.3) is 10.0 Å². The summed E-state index contributed by atoms with van der Waals surface area (Å²) >= 11 is 6.25. The maximum Gasteiger partial charge on any atom is 0.264 e. The monoisotopic (exact) mass is 611 g/mol. The van der Waals surface area contributed by atoms with E-state index in [-0.39, 0.29) is 29.1 Å². The van der Waals surface area contributed by atoms with E-state index in [0.717, 1.165) is 41.1 Å². The summed E-state index contributed by atoms with van der Waals surface area (Å²) in [6, 6.07) is 19.4. The number of hydrogen-bond acceptors (Lipinski definition) is 5. The van der Waals surface area contributed by atoms with Crippen molar-refractivity contribution in [1.82, 2.24) is 10.2 Å². The van der Waals surface area contributed by atoms with E-state index in [4.69, 9.17) is 16.3 Å². The van der Waals surface area contributed by atoms with Crippen LogP contribution in [0, 0.1) is 6.92 Å². The van der Waals surface area contributed by atoms with E-state index in [9.17, 15) is 18.0 Å². The molecule has 0 aromatic heterocycles. The average Bonchev–Trinajstić information content (AvgIpc) is 3.49. The number of halogens is 1. The Morgan fingerprint density at radius 3 is 2.29 bits per heavy atom. The summed E-state index contributed by atoms with van der Waals surface area (Å²) in [5.74, 6) is -0.0733. The van der Waals surface area contributed by atoms with Crippen LogP contribution in [0.15, 0.2) is 77.7 Å². The number of ether oxygens (including phenoxy) is 1. The highest BCUT2D eigenvalue weighted by molar-refractivity contribution is 7.92. The molecule has 1 aliphatic carbocycles. The molecular formula is C32H38ClN3O5S. The van der Waals surface area contributed by atoms with Crippen LogP contribution in [0.5, 0.6) is 5.75 Å². The molecule has 0 bridgehead atoms. The molecule has 8 nitrogen and oxygen atoms in total. The molecule has 3 aromatic carbocycles. The first kappa shape index (κ1) is 31.4. The van der Waals surface area contributed by atoms with E-state index in [1.165, 1.54) is 23.1 Å². The van der Waals surface area contributed by atoms with E-state index in [2.05, 4.69) is 5.32 Å². The molecule has 1 fully saturated rings. The topological polar surface area (TPSA) is 96.0 Å². The van der Waals surface area contributed by atoms with Crippen molar-refractivity contribution in [3.05, 3.63) is 88.9 Å². The molecule has 0 aliphatic heterocycles. The van der Waals surface area contributed by atoms with Gasteiger partial charge in [-0.3, -0.25) is 13.9 Å². The Kier molecular flexibility index (Phi) is 10.5. The summed E-state index contributed by atoms with van der Waals surface area (Å²) in [5, 5.41) is 3.46. The predicted molar refractivity (Wildman–Crippen MR) is 165 cm³/mol. The molecule has 224 valence electrons. The van der Waals surface area contributed by atoms with Gasteiger partial charge in [0.05, 0.1) is 17.7 Å². The standard InChI is InChI=1S/C32H38ClN3O5S/c1-4-30(32(38)34-26-9-5-6-10-26)35(21-24-14-16-28(41-3)17-15-24)31(37)22-36(27-11-7-8-25(33)20-27)42(39,40)29-18-12-23(2)13-19-29/h7-8,11-20,26,30H,4-6,9-10,21-22H2,1-3H3,(H,34,38). The van der Waals surface area contributed by atoms with Crippen molar-refractivity contribution in [1.29, 1.82) is 0 Å². The Balaban J connectivity index is 1.71. The predicted octanol–water partition coefficient (Wildman–Crippen LogP) is 5.72. The highest BCUT2D eigenvalue weighted by Crippen LogP contribution is 2.27. The molecule has 0 radical (unpaired) electrons. The van der Waals surface area contributed by atoms with Gasteiger partial charge in [-0.05, 0) is 74.2 Å². The average molecular weight is 612 g/mol. The normalized spacial score (nSPS) is 14.3. The number of sulfonamides is 1. The number of carbonyl (C=O) groups is 2. The second kappa shape index (κ2) is 14.1. The minimum absolute atomic E-state index is 0.0496. The lowest BCUT2D eigenvalue weighted by atomic mass is 10.1. The summed E-state index contributed by atoms with van der Waals surface area (Å²) < 4.78 is 34.3. The summed E-state index contributed by atoms with van der Waals surface area (Å²) in [6.07, 6.45) is 4.30. The first-order valence-electron chi connectivity index (χ1n) is 14.2. The minimum atomic E-state index is -4.16. The molecule has 0 saturated heterocycles. The van der Waals surface area contributed by atoms with E-state index in [1.54, 1.807) is 49.6 Å². The van der Waals surface area contributed by atoms with E-state index in [0.29, 0.717) is 17.2 Å². The highest BCUT2D eigenvalue weighted by atomic mass is 35.5. The second-order valence-electron chi connectivity index (χ2n) is 10.6. The van der Waals surface area contributed by atoms with Gasteiger partial charge in [-0.2, -0.15) is 0 Å². The van der Waals surface area contributed by atoms with Gasteiger partial charge < -0.3 is 15.0 Å². The SMILES string of the molecule is CCC(C(=O)NC1CCCC1)N(Cc1ccc(OC)cc1)C(=O)CN(c1cccc(Cl)c1)S(=O)(=O)c1ccc(C)cc1. The number of hydrogen-bond donors (Lipinski definition) is 1. The van der Waals surface area contributed by atoms with Crippen molar-refractivity contribution in [3.8, 4) is 5.75 Å². The zero-order valence-electron chi connectivity index (χ0n) is 24.3. The van der Waals surface area contributed by atoms with Crippen molar-refractivity contribution in [3.63, 3.8) is 0 Å². The van der Waals surface area contributed by atoms with Crippen molar-refractivity contribution in [2.75, 3.05) is 18.0 Å². The Bertz CT molecular complexity index is 1470. The Labute approximate surface area is 253 Å². The van der Waals surface area contributed by atoms with Crippen molar-refractivity contribution in [2.45, 2.75) is 69.5 Å². The molecule has 1 atom stereocenters. The molecule has 3 aromatic rings. The number of methoxy groups -OCH3 is 1. The van der Waals surface area contributed by atoms with E-state index >= 15 is 0 Å². The molecule has 2 amide bonds.